The Morgan fingerprint density at radius 1 is 0.923 bits per heavy atom. The highest BCUT2D eigenvalue weighted by atomic mass is 16.7. The number of rotatable bonds is 2. The summed E-state index contributed by atoms with van der Waals surface area (Å²) in [6.45, 7) is 4.88. The lowest BCUT2D eigenvalue weighted by atomic mass is 10.0. The molecule has 2 saturated heterocycles. The smallest absolute Gasteiger partial charge is 0.247 e. The van der Waals surface area contributed by atoms with Crippen LogP contribution in [0.4, 0.5) is 11.8 Å². The predicted octanol–water partition coefficient (Wildman–Crippen LogP) is 1.78. The molecule has 3 aliphatic heterocycles. The highest BCUT2D eigenvalue weighted by Crippen LogP contribution is 2.32. The number of piperidine rings is 1. The molecule has 5 rings (SSSR count). The molecule has 136 valence electrons. The maximum absolute atomic E-state index is 5.80. The lowest BCUT2D eigenvalue weighted by molar-refractivity contribution is -0.169. The molecule has 0 radical (unpaired) electrons. The second kappa shape index (κ2) is 6.48. The van der Waals surface area contributed by atoms with Gasteiger partial charge in [-0.1, -0.05) is 24.3 Å². The van der Waals surface area contributed by atoms with E-state index in [9.17, 15) is 0 Å². The molecule has 1 aromatic carbocycles. The summed E-state index contributed by atoms with van der Waals surface area (Å²) in [5.74, 6) is 1.23. The van der Waals surface area contributed by atoms with Gasteiger partial charge in [0.05, 0.1) is 19.4 Å². The number of anilines is 2. The summed E-state index contributed by atoms with van der Waals surface area (Å²) in [6, 6.07) is 8.62. The Balaban J connectivity index is 1.31. The van der Waals surface area contributed by atoms with Crippen molar-refractivity contribution in [2.45, 2.75) is 31.6 Å². The Morgan fingerprint density at radius 2 is 1.69 bits per heavy atom. The lowest BCUT2D eigenvalue weighted by Crippen LogP contribution is -2.46. The number of benzene rings is 1. The van der Waals surface area contributed by atoms with Crippen LogP contribution in [0.2, 0.25) is 0 Å². The second-order valence-electron chi connectivity index (χ2n) is 7.15. The van der Waals surface area contributed by atoms with E-state index in [1.807, 2.05) is 0 Å². The quantitative estimate of drug-likeness (QED) is 0.815. The summed E-state index contributed by atoms with van der Waals surface area (Å²) in [5, 5.41) is 8.50. The highest BCUT2D eigenvalue weighted by Gasteiger charge is 2.40. The van der Waals surface area contributed by atoms with Crippen LogP contribution in [0.25, 0.3) is 0 Å². The number of aromatic nitrogens is 3. The Labute approximate surface area is 152 Å². The van der Waals surface area contributed by atoms with Gasteiger partial charge in [0.2, 0.25) is 5.95 Å². The van der Waals surface area contributed by atoms with Crippen molar-refractivity contribution >= 4 is 11.8 Å². The van der Waals surface area contributed by atoms with Crippen LogP contribution in [-0.4, -0.2) is 53.8 Å². The molecule has 0 aliphatic carbocycles. The van der Waals surface area contributed by atoms with Crippen LogP contribution in [-0.2, 0) is 22.4 Å². The van der Waals surface area contributed by atoms with Gasteiger partial charge in [-0.3, -0.25) is 0 Å². The van der Waals surface area contributed by atoms with E-state index in [-0.39, 0.29) is 5.79 Å². The number of fused-ring (bicyclic) bond motifs is 1. The molecule has 0 unspecified atom stereocenters. The third kappa shape index (κ3) is 2.91. The molecule has 4 heterocycles. The van der Waals surface area contributed by atoms with Crippen molar-refractivity contribution in [1.82, 2.24) is 15.2 Å². The molecule has 3 aliphatic rings. The first-order valence-electron chi connectivity index (χ1n) is 9.36. The summed E-state index contributed by atoms with van der Waals surface area (Å²) in [4.78, 5) is 9.28. The van der Waals surface area contributed by atoms with Gasteiger partial charge in [-0.15, -0.1) is 5.10 Å². The Hall–Kier alpha value is -2.25. The molecule has 7 heteroatoms. The van der Waals surface area contributed by atoms with Crippen LogP contribution in [0.3, 0.4) is 0 Å². The molecule has 0 amide bonds. The highest BCUT2D eigenvalue weighted by molar-refractivity contribution is 5.45. The topological polar surface area (TPSA) is 63.6 Å². The zero-order valence-electron chi connectivity index (χ0n) is 14.8. The van der Waals surface area contributed by atoms with Crippen LogP contribution < -0.4 is 9.80 Å². The first kappa shape index (κ1) is 16.0. The molecule has 1 spiro atoms. The summed E-state index contributed by atoms with van der Waals surface area (Å²) >= 11 is 0. The molecule has 2 fully saturated rings. The van der Waals surface area contributed by atoms with Gasteiger partial charge in [-0.2, -0.15) is 10.1 Å². The summed E-state index contributed by atoms with van der Waals surface area (Å²) in [6.07, 6.45) is 4.50. The Kier molecular flexibility index (Phi) is 3.98. The minimum Gasteiger partial charge on any atom is -0.350 e. The van der Waals surface area contributed by atoms with E-state index in [1.54, 1.807) is 6.20 Å². The van der Waals surface area contributed by atoms with Gasteiger partial charge in [0.25, 0.3) is 0 Å². The van der Waals surface area contributed by atoms with Gasteiger partial charge in [0.1, 0.15) is 0 Å². The molecule has 1 aromatic heterocycles. The van der Waals surface area contributed by atoms with Gasteiger partial charge in [-0.05, 0) is 17.5 Å². The number of nitrogens with zero attached hydrogens (tertiary/aromatic N) is 5. The largest absolute Gasteiger partial charge is 0.350 e. The molecule has 7 nitrogen and oxygen atoms in total. The fourth-order valence-corrected chi connectivity index (χ4v) is 4.10. The van der Waals surface area contributed by atoms with Crippen LogP contribution in [0.5, 0.6) is 0 Å². The summed E-state index contributed by atoms with van der Waals surface area (Å²) < 4.78 is 11.6. The van der Waals surface area contributed by atoms with Crippen molar-refractivity contribution in [3.63, 3.8) is 0 Å². The molecule has 2 aromatic rings. The molecule has 0 saturated carbocycles. The number of hydrogen-bond acceptors (Lipinski definition) is 7. The van der Waals surface area contributed by atoms with E-state index in [2.05, 4.69) is 44.3 Å². The van der Waals surface area contributed by atoms with Gasteiger partial charge >= 0.3 is 0 Å². The summed E-state index contributed by atoms with van der Waals surface area (Å²) in [7, 11) is 0. The van der Waals surface area contributed by atoms with Gasteiger partial charge < -0.3 is 19.3 Å². The first-order valence-corrected chi connectivity index (χ1v) is 9.36. The minimum absolute atomic E-state index is 0.377. The molecule has 0 N–H and O–H groups in total. The first-order chi connectivity index (χ1) is 12.8. The fraction of sp³-hybridized carbons (Fsp3) is 0.526. The van der Waals surface area contributed by atoms with E-state index in [0.717, 1.165) is 51.3 Å². The van der Waals surface area contributed by atoms with Gasteiger partial charge in [0.15, 0.2) is 11.6 Å². The molecular weight excluding hydrogens is 330 g/mol. The third-order valence-corrected chi connectivity index (χ3v) is 5.61. The molecule has 26 heavy (non-hydrogen) atoms. The number of ether oxygens (including phenoxy) is 2. The summed E-state index contributed by atoms with van der Waals surface area (Å²) in [5.41, 5.74) is 2.80. The van der Waals surface area contributed by atoms with Gasteiger partial charge in [0, 0.05) is 39.0 Å². The van der Waals surface area contributed by atoms with Crippen molar-refractivity contribution in [3.05, 3.63) is 41.6 Å². The van der Waals surface area contributed by atoms with Gasteiger partial charge in [-0.25, -0.2) is 0 Å². The van der Waals surface area contributed by atoms with Crippen LogP contribution in [0.15, 0.2) is 30.5 Å². The zero-order chi connectivity index (χ0) is 17.4. The normalized spacial score (nSPS) is 21.8. The second-order valence-corrected chi connectivity index (χ2v) is 7.15. The predicted molar refractivity (Wildman–Crippen MR) is 97.1 cm³/mol. The van der Waals surface area contributed by atoms with Crippen molar-refractivity contribution in [2.75, 3.05) is 42.6 Å². The fourth-order valence-electron chi connectivity index (χ4n) is 4.10. The molecule has 0 atom stereocenters. The van der Waals surface area contributed by atoms with Crippen molar-refractivity contribution in [2.24, 2.45) is 0 Å². The van der Waals surface area contributed by atoms with Crippen molar-refractivity contribution in [3.8, 4) is 0 Å². The molecule has 0 bridgehead atoms. The standard InChI is InChI=1S/C19H23N5O2/c1-2-4-16-14-24(8-5-15(16)3-1)17-13-20-22-18(21-17)23-9-6-19(7-10-23)25-11-12-26-19/h1-4,13H,5-12,14H2. The average molecular weight is 353 g/mol. The van der Waals surface area contributed by atoms with E-state index >= 15 is 0 Å². The number of hydrogen-bond donors (Lipinski definition) is 0. The Morgan fingerprint density at radius 3 is 2.50 bits per heavy atom. The zero-order valence-corrected chi connectivity index (χ0v) is 14.8. The van der Waals surface area contributed by atoms with Crippen LogP contribution >= 0.6 is 0 Å². The van der Waals surface area contributed by atoms with E-state index in [0.29, 0.717) is 19.2 Å². The SMILES string of the molecule is c1ccc2c(c1)CCN(c1cnnc(N3CCC4(CC3)OCCO4)n1)C2. The maximum atomic E-state index is 5.80. The van der Waals surface area contributed by atoms with E-state index in [1.165, 1.54) is 11.1 Å². The third-order valence-electron chi connectivity index (χ3n) is 5.61. The lowest BCUT2D eigenvalue weighted by Gasteiger charge is -2.37. The maximum Gasteiger partial charge on any atom is 0.247 e. The molecular formula is C19H23N5O2. The Bertz CT molecular complexity index is 783. The van der Waals surface area contributed by atoms with E-state index < -0.39 is 0 Å². The van der Waals surface area contributed by atoms with Crippen molar-refractivity contribution < 1.29 is 9.47 Å². The minimum atomic E-state index is -0.377. The van der Waals surface area contributed by atoms with E-state index in [4.69, 9.17) is 14.5 Å². The van der Waals surface area contributed by atoms with Crippen LogP contribution in [0.1, 0.15) is 24.0 Å². The van der Waals surface area contributed by atoms with Crippen LogP contribution in [0, 0.1) is 0 Å². The van der Waals surface area contributed by atoms with Crippen molar-refractivity contribution in [1.29, 1.82) is 0 Å². The monoisotopic (exact) mass is 353 g/mol. The average Bonchev–Trinajstić information content (AvgIpc) is 3.16.